The van der Waals surface area contributed by atoms with Gasteiger partial charge in [0, 0.05) is 50.9 Å². The lowest BCUT2D eigenvalue weighted by atomic mass is 9.92. The second kappa shape index (κ2) is 9.98. The average molecular weight is 445 g/mol. The van der Waals surface area contributed by atoms with Gasteiger partial charge in [0.15, 0.2) is 5.82 Å². The molecule has 0 saturated carbocycles. The Bertz CT molecular complexity index is 1060. The fourth-order valence-electron chi connectivity index (χ4n) is 4.55. The van der Waals surface area contributed by atoms with Crippen LogP contribution >= 0.6 is 0 Å². The molecule has 1 aliphatic rings. The van der Waals surface area contributed by atoms with Crippen molar-refractivity contribution in [3.63, 3.8) is 0 Å². The molecule has 0 atom stereocenters. The van der Waals surface area contributed by atoms with Gasteiger partial charge in [-0.1, -0.05) is 49.7 Å². The highest BCUT2D eigenvalue weighted by atomic mass is 15.2. The number of hydrogen-bond donors (Lipinski definition) is 1. The minimum atomic E-state index is 0.114. The molecule has 1 aromatic carbocycles. The minimum Gasteiger partial charge on any atom is -0.369 e. The highest BCUT2D eigenvalue weighted by Gasteiger charge is 2.25. The second-order valence-electron chi connectivity index (χ2n) is 10.2. The predicted octanol–water partition coefficient (Wildman–Crippen LogP) is 4.41. The zero-order chi connectivity index (χ0) is 23.4. The summed E-state index contributed by atoms with van der Waals surface area (Å²) in [6, 6.07) is 14.7. The molecule has 6 heteroatoms. The fraction of sp³-hybridized carbons (Fsp3) is 0.444. The van der Waals surface area contributed by atoms with Crippen LogP contribution in [0.25, 0.3) is 11.5 Å². The lowest BCUT2D eigenvalue weighted by Gasteiger charge is -2.32. The first-order chi connectivity index (χ1) is 15.8. The Labute approximate surface area is 198 Å². The van der Waals surface area contributed by atoms with Gasteiger partial charge in [-0.2, -0.15) is 0 Å². The van der Waals surface area contributed by atoms with Crippen LogP contribution in [0, 0.1) is 12.3 Å². The quantitative estimate of drug-likeness (QED) is 0.556. The number of hydrogen-bond acceptors (Lipinski definition) is 6. The summed E-state index contributed by atoms with van der Waals surface area (Å²) < 4.78 is 0. The van der Waals surface area contributed by atoms with Gasteiger partial charge in [0.25, 0.3) is 0 Å². The molecule has 0 unspecified atom stereocenters. The van der Waals surface area contributed by atoms with Crippen LogP contribution in [0.2, 0.25) is 0 Å². The molecular weight excluding hydrogens is 408 g/mol. The molecule has 3 heterocycles. The van der Waals surface area contributed by atoms with Crippen LogP contribution < -0.4 is 5.32 Å². The van der Waals surface area contributed by atoms with Gasteiger partial charge in [-0.25, -0.2) is 9.97 Å². The third kappa shape index (κ3) is 6.15. The van der Waals surface area contributed by atoms with E-state index in [1.807, 2.05) is 18.2 Å². The third-order valence-electron chi connectivity index (χ3n) is 6.04. The van der Waals surface area contributed by atoms with E-state index in [1.165, 1.54) is 16.7 Å². The third-order valence-corrected chi connectivity index (χ3v) is 6.04. The number of benzene rings is 1. The first-order valence-electron chi connectivity index (χ1n) is 11.8. The molecule has 0 fully saturated rings. The number of pyridine rings is 1. The average Bonchev–Trinajstić information content (AvgIpc) is 2.79. The maximum absolute atomic E-state index is 4.97. The van der Waals surface area contributed by atoms with Crippen molar-refractivity contribution in [3.05, 3.63) is 71.0 Å². The van der Waals surface area contributed by atoms with Crippen LogP contribution in [0.3, 0.4) is 0 Å². The molecule has 33 heavy (non-hydrogen) atoms. The van der Waals surface area contributed by atoms with Gasteiger partial charge in [0.1, 0.15) is 11.5 Å². The Kier molecular flexibility index (Phi) is 7.05. The van der Waals surface area contributed by atoms with Gasteiger partial charge in [0.05, 0.1) is 5.69 Å². The zero-order valence-corrected chi connectivity index (χ0v) is 20.6. The molecule has 2 aromatic heterocycles. The van der Waals surface area contributed by atoms with Gasteiger partial charge in [-0.05, 0) is 44.1 Å². The molecule has 0 radical (unpaired) electrons. The Morgan fingerprint density at radius 3 is 2.55 bits per heavy atom. The largest absolute Gasteiger partial charge is 0.369 e. The van der Waals surface area contributed by atoms with Crippen LogP contribution in [-0.4, -0.2) is 58.5 Å². The smallest absolute Gasteiger partial charge is 0.180 e. The van der Waals surface area contributed by atoms with Crippen molar-refractivity contribution in [2.45, 2.75) is 40.3 Å². The van der Waals surface area contributed by atoms with E-state index in [9.17, 15) is 0 Å². The highest BCUT2D eigenvalue weighted by molar-refractivity contribution is 5.57. The van der Waals surface area contributed by atoms with Crippen molar-refractivity contribution in [2.24, 2.45) is 5.41 Å². The molecule has 0 aliphatic carbocycles. The van der Waals surface area contributed by atoms with E-state index < -0.39 is 0 Å². The van der Waals surface area contributed by atoms with Crippen molar-refractivity contribution in [2.75, 3.05) is 39.0 Å². The Morgan fingerprint density at radius 1 is 1.06 bits per heavy atom. The number of rotatable bonds is 8. The number of nitrogens with one attached hydrogen (secondary N) is 1. The summed E-state index contributed by atoms with van der Waals surface area (Å²) in [5.74, 6) is 1.65. The van der Waals surface area contributed by atoms with E-state index >= 15 is 0 Å². The second-order valence-corrected chi connectivity index (χ2v) is 10.2. The molecule has 174 valence electrons. The van der Waals surface area contributed by atoms with E-state index in [0.717, 1.165) is 56.4 Å². The maximum atomic E-state index is 4.97. The van der Waals surface area contributed by atoms with Crippen LogP contribution in [-0.2, 0) is 19.5 Å². The first kappa shape index (κ1) is 23.3. The summed E-state index contributed by atoms with van der Waals surface area (Å²) in [6.45, 7) is 11.3. The van der Waals surface area contributed by atoms with Crippen LogP contribution in [0.5, 0.6) is 0 Å². The summed E-state index contributed by atoms with van der Waals surface area (Å²) in [4.78, 5) is 19.1. The van der Waals surface area contributed by atoms with Gasteiger partial charge < -0.3 is 10.2 Å². The number of aryl methyl sites for hydroxylation is 1. The van der Waals surface area contributed by atoms with Crippen molar-refractivity contribution in [1.82, 2.24) is 24.8 Å². The molecule has 1 N–H and O–H groups in total. The topological polar surface area (TPSA) is 57.2 Å². The molecule has 6 nitrogen and oxygen atoms in total. The number of aromatic nitrogens is 3. The summed E-state index contributed by atoms with van der Waals surface area (Å²) in [6.07, 6.45) is 2.72. The molecule has 0 bridgehead atoms. The summed E-state index contributed by atoms with van der Waals surface area (Å²) >= 11 is 0. The van der Waals surface area contributed by atoms with Crippen molar-refractivity contribution in [3.8, 4) is 11.5 Å². The highest BCUT2D eigenvalue weighted by Crippen LogP contribution is 2.29. The minimum absolute atomic E-state index is 0.114. The summed E-state index contributed by atoms with van der Waals surface area (Å²) in [5.41, 5.74) is 5.93. The SMILES string of the molecule is Cc1ccc(CN2CCc3nc(-c4ccccn4)nc(NCC(C)(C)CN(C)C)c3C2)cc1. The number of fused-ring (bicyclic) bond motifs is 1. The first-order valence-corrected chi connectivity index (χ1v) is 11.8. The van der Waals surface area contributed by atoms with Crippen LogP contribution in [0.4, 0.5) is 5.82 Å². The lowest BCUT2D eigenvalue weighted by Crippen LogP contribution is -2.36. The molecule has 0 saturated heterocycles. The van der Waals surface area contributed by atoms with Gasteiger partial charge >= 0.3 is 0 Å². The molecular formula is C27H36N6. The van der Waals surface area contributed by atoms with Gasteiger partial charge in [-0.3, -0.25) is 9.88 Å². The molecule has 0 spiro atoms. The Balaban J connectivity index is 1.61. The van der Waals surface area contributed by atoms with Crippen molar-refractivity contribution in [1.29, 1.82) is 0 Å². The van der Waals surface area contributed by atoms with Crippen LogP contribution in [0.1, 0.15) is 36.2 Å². The monoisotopic (exact) mass is 444 g/mol. The molecule has 0 amide bonds. The summed E-state index contributed by atoms with van der Waals surface area (Å²) in [7, 11) is 4.24. The Morgan fingerprint density at radius 2 is 1.85 bits per heavy atom. The Hall–Kier alpha value is -2.83. The molecule has 1 aliphatic heterocycles. The lowest BCUT2D eigenvalue weighted by molar-refractivity contribution is 0.242. The number of anilines is 1. The van der Waals surface area contributed by atoms with Crippen molar-refractivity contribution < 1.29 is 0 Å². The van der Waals surface area contributed by atoms with E-state index in [-0.39, 0.29) is 5.41 Å². The van der Waals surface area contributed by atoms with E-state index in [1.54, 1.807) is 6.20 Å². The van der Waals surface area contributed by atoms with E-state index in [4.69, 9.17) is 9.97 Å². The zero-order valence-electron chi connectivity index (χ0n) is 20.6. The normalized spacial score (nSPS) is 14.4. The predicted molar refractivity (Wildman–Crippen MR) is 135 cm³/mol. The van der Waals surface area contributed by atoms with E-state index in [2.05, 4.69) is 79.2 Å². The standard InChI is InChI=1S/C27H36N6/c1-20-9-11-21(12-10-20)16-33-15-13-23-22(17-33)25(29-18-27(2,3)19-32(4)5)31-26(30-23)24-8-6-7-14-28-24/h6-12,14H,13,15-19H2,1-5H3,(H,29,30,31). The van der Waals surface area contributed by atoms with E-state index in [0.29, 0.717) is 5.82 Å². The van der Waals surface area contributed by atoms with Crippen LogP contribution in [0.15, 0.2) is 48.7 Å². The van der Waals surface area contributed by atoms with Crippen molar-refractivity contribution >= 4 is 5.82 Å². The fourth-order valence-corrected chi connectivity index (χ4v) is 4.55. The molecule has 3 aromatic rings. The number of nitrogens with zero attached hydrogens (tertiary/aromatic N) is 5. The maximum Gasteiger partial charge on any atom is 0.180 e. The summed E-state index contributed by atoms with van der Waals surface area (Å²) in [5, 5.41) is 3.69. The molecule has 4 rings (SSSR count). The van der Waals surface area contributed by atoms with Gasteiger partial charge in [-0.15, -0.1) is 0 Å². The van der Waals surface area contributed by atoms with Gasteiger partial charge in [0.2, 0.25) is 0 Å².